The largest absolute Gasteiger partial charge is 0.488 e. The Kier molecular flexibility index (Phi) is 4.53. The lowest BCUT2D eigenvalue weighted by Gasteiger charge is -2.21. The van der Waals surface area contributed by atoms with Crippen molar-refractivity contribution in [2.75, 3.05) is 0 Å². The van der Waals surface area contributed by atoms with E-state index in [9.17, 15) is 8.42 Å². The molecule has 0 bridgehead atoms. The summed E-state index contributed by atoms with van der Waals surface area (Å²) in [6.07, 6.45) is 0. The van der Waals surface area contributed by atoms with E-state index in [1.807, 2.05) is 45.0 Å². The van der Waals surface area contributed by atoms with E-state index in [-0.39, 0.29) is 10.5 Å². The molecular formula is C16H18O4S. The van der Waals surface area contributed by atoms with Gasteiger partial charge in [0.05, 0.1) is 4.90 Å². The molecule has 4 nitrogen and oxygen atoms in total. The van der Waals surface area contributed by atoms with Gasteiger partial charge in [0.25, 0.3) is 0 Å². The molecule has 0 amide bonds. The van der Waals surface area contributed by atoms with Gasteiger partial charge in [-0.3, -0.25) is 0 Å². The molecule has 0 saturated heterocycles. The van der Waals surface area contributed by atoms with Crippen LogP contribution in [0.15, 0.2) is 53.4 Å². The minimum atomic E-state index is -2.56. The highest BCUT2D eigenvalue weighted by Gasteiger charge is 2.11. The quantitative estimate of drug-likeness (QED) is 0.876. The summed E-state index contributed by atoms with van der Waals surface area (Å²) in [5, 5.41) is 0. The van der Waals surface area contributed by atoms with Gasteiger partial charge >= 0.3 is 0 Å². The molecule has 2 rings (SSSR count). The number of hydrogen-bond donors (Lipinski definition) is 1. The smallest absolute Gasteiger partial charge is 0.168 e. The van der Waals surface area contributed by atoms with Crippen LogP contribution in [0, 0.1) is 0 Å². The number of thiol groups is 1. The standard InChI is InChI=1S/C16H18O4S/c1-16(2,3)20-14-6-4-12(5-7-14)19-13-8-10-15(11-9-13)21(17)18/h4-11,21H,1-3H3. The highest BCUT2D eigenvalue weighted by Crippen LogP contribution is 2.25. The van der Waals surface area contributed by atoms with E-state index >= 15 is 0 Å². The van der Waals surface area contributed by atoms with Crippen molar-refractivity contribution < 1.29 is 17.9 Å². The van der Waals surface area contributed by atoms with Crippen LogP contribution in [0.2, 0.25) is 0 Å². The zero-order chi connectivity index (χ0) is 15.5. The Morgan fingerprint density at radius 1 is 0.762 bits per heavy atom. The Morgan fingerprint density at radius 2 is 1.19 bits per heavy atom. The zero-order valence-corrected chi connectivity index (χ0v) is 13.1. The second-order valence-electron chi connectivity index (χ2n) is 5.54. The zero-order valence-electron chi connectivity index (χ0n) is 12.2. The van der Waals surface area contributed by atoms with Crippen molar-refractivity contribution in [2.45, 2.75) is 31.3 Å². The van der Waals surface area contributed by atoms with E-state index in [0.29, 0.717) is 11.5 Å². The lowest BCUT2D eigenvalue weighted by atomic mass is 10.2. The Morgan fingerprint density at radius 3 is 1.62 bits per heavy atom. The first-order valence-corrected chi connectivity index (χ1v) is 7.73. The van der Waals surface area contributed by atoms with Crippen molar-refractivity contribution in [1.29, 1.82) is 0 Å². The number of benzene rings is 2. The highest BCUT2D eigenvalue weighted by atomic mass is 32.2. The van der Waals surface area contributed by atoms with Gasteiger partial charge < -0.3 is 9.47 Å². The molecule has 2 aromatic carbocycles. The summed E-state index contributed by atoms with van der Waals surface area (Å²) in [6, 6.07) is 13.6. The molecule has 112 valence electrons. The molecular weight excluding hydrogens is 288 g/mol. The summed E-state index contributed by atoms with van der Waals surface area (Å²) >= 11 is 0. The first-order valence-electron chi connectivity index (χ1n) is 6.55. The molecule has 0 aliphatic heterocycles. The Balaban J connectivity index is 2.06. The van der Waals surface area contributed by atoms with Crippen LogP contribution in [-0.2, 0) is 10.7 Å². The van der Waals surface area contributed by atoms with Crippen LogP contribution in [0.25, 0.3) is 0 Å². The van der Waals surface area contributed by atoms with Crippen molar-refractivity contribution in [1.82, 2.24) is 0 Å². The maximum absolute atomic E-state index is 10.8. The summed E-state index contributed by atoms with van der Waals surface area (Å²) in [5.41, 5.74) is -0.243. The minimum absolute atomic E-state index is 0.243. The molecule has 0 spiro atoms. The van der Waals surface area contributed by atoms with Gasteiger partial charge in [-0.2, -0.15) is 0 Å². The molecule has 0 aromatic heterocycles. The lowest BCUT2D eigenvalue weighted by molar-refractivity contribution is 0.131. The molecule has 5 heteroatoms. The summed E-state index contributed by atoms with van der Waals surface area (Å²) < 4.78 is 33.0. The van der Waals surface area contributed by atoms with E-state index < -0.39 is 10.7 Å². The van der Waals surface area contributed by atoms with Crippen LogP contribution in [0.3, 0.4) is 0 Å². The van der Waals surface area contributed by atoms with Crippen LogP contribution < -0.4 is 9.47 Å². The van der Waals surface area contributed by atoms with Gasteiger partial charge in [-0.05, 0) is 69.3 Å². The van der Waals surface area contributed by atoms with Crippen LogP contribution in [-0.4, -0.2) is 14.0 Å². The molecule has 0 fully saturated rings. The summed E-state index contributed by atoms with van der Waals surface area (Å²) in [6.45, 7) is 5.96. The molecule has 0 aliphatic carbocycles. The maximum Gasteiger partial charge on any atom is 0.168 e. The molecule has 0 atom stereocenters. The van der Waals surface area contributed by atoms with Gasteiger partial charge in [-0.15, -0.1) is 0 Å². The number of ether oxygens (including phenoxy) is 2. The minimum Gasteiger partial charge on any atom is -0.488 e. The van der Waals surface area contributed by atoms with Crippen LogP contribution in [0.5, 0.6) is 17.2 Å². The first-order chi connectivity index (χ1) is 9.83. The lowest BCUT2D eigenvalue weighted by Crippen LogP contribution is -2.22. The molecule has 0 aliphatic rings. The molecule has 0 saturated carbocycles. The molecule has 0 N–H and O–H groups in total. The average Bonchev–Trinajstić information content (AvgIpc) is 2.40. The third-order valence-electron chi connectivity index (χ3n) is 2.53. The van der Waals surface area contributed by atoms with E-state index in [2.05, 4.69) is 0 Å². The summed E-state index contributed by atoms with van der Waals surface area (Å²) in [4.78, 5) is 0.270. The van der Waals surface area contributed by atoms with Crippen LogP contribution in [0.1, 0.15) is 20.8 Å². The van der Waals surface area contributed by atoms with E-state index in [4.69, 9.17) is 9.47 Å². The fourth-order valence-corrected chi connectivity index (χ4v) is 2.09. The molecule has 0 unspecified atom stereocenters. The fourth-order valence-electron chi connectivity index (χ4n) is 1.70. The third kappa shape index (κ3) is 4.79. The topological polar surface area (TPSA) is 52.6 Å². The predicted molar refractivity (Wildman–Crippen MR) is 81.9 cm³/mol. The number of hydrogen-bond acceptors (Lipinski definition) is 4. The monoisotopic (exact) mass is 306 g/mol. The third-order valence-corrected chi connectivity index (χ3v) is 3.25. The summed E-state index contributed by atoms with van der Waals surface area (Å²) in [5.74, 6) is 2.02. The van der Waals surface area contributed by atoms with E-state index in [1.54, 1.807) is 12.1 Å². The van der Waals surface area contributed by atoms with Crippen molar-refractivity contribution >= 4 is 10.7 Å². The number of rotatable bonds is 4. The van der Waals surface area contributed by atoms with Crippen LogP contribution in [0.4, 0.5) is 0 Å². The normalized spacial score (nSPS) is 11.4. The fraction of sp³-hybridized carbons (Fsp3) is 0.250. The van der Waals surface area contributed by atoms with Gasteiger partial charge in [-0.1, -0.05) is 0 Å². The highest BCUT2D eigenvalue weighted by molar-refractivity contribution is 7.72. The van der Waals surface area contributed by atoms with Crippen LogP contribution >= 0.6 is 0 Å². The van der Waals surface area contributed by atoms with Crippen molar-refractivity contribution in [2.24, 2.45) is 0 Å². The van der Waals surface area contributed by atoms with Crippen molar-refractivity contribution in [3.63, 3.8) is 0 Å². The van der Waals surface area contributed by atoms with Crippen molar-refractivity contribution in [3.8, 4) is 17.2 Å². The van der Waals surface area contributed by atoms with E-state index in [0.717, 1.165) is 5.75 Å². The average molecular weight is 306 g/mol. The maximum atomic E-state index is 10.8. The Bertz CT molecular complexity index is 657. The Labute approximate surface area is 126 Å². The van der Waals surface area contributed by atoms with E-state index in [1.165, 1.54) is 12.1 Å². The van der Waals surface area contributed by atoms with Gasteiger partial charge in [0.1, 0.15) is 22.8 Å². The van der Waals surface area contributed by atoms with Gasteiger partial charge in [-0.25, -0.2) is 8.42 Å². The second kappa shape index (κ2) is 6.18. The second-order valence-corrected chi connectivity index (χ2v) is 6.57. The van der Waals surface area contributed by atoms with Crippen molar-refractivity contribution in [3.05, 3.63) is 48.5 Å². The van der Waals surface area contributed by atoms with Gasteiger partial charge in [0.15, 0.2) is 10.7 Å². The first kappa shape index (κ1) is 15.4. The molecule has 0 radical (unpaired) electrons. The molecule has 21 heavy (non-hydrogen) atoms. The predicted octanol–water partition coefficient (Wildman–Crippen LogP) is 3.63. The molecule has 2 aromatic rings. The molecule has 0 heterocycles. The van der Waals surface area contributed by atoms with Gasteiger partial charge in [0, 0.05) is 0 Å². The Hall–Kier alpha value is -2.01. The van der Waals surface area contributed by atoms with Gasteiger partial charge in [0.2, 0.25) is 0 Å². The SMILES string of the molecule is CC(C)(C)Oc1ccc(Oc2ccc([SH](=O)=O)cc2)cc1. The summed E-state index contributed by atoms with van der Waals surface area (Å²) in [7, 11) is -2.56.